The number of carbonyl (C=O) groups is 3. The molecule has 0 spiro atoms. The van der Waals surface area contributed by atoms with Crippen molar-refractivity contribution in [1.29, 1.82) is 0 Å². The Balaban J connectivity index is 0.00000233. The Labute approximate surface area is 190 Å². The van der Waals surface area contributed by atoms with Crippen LogP contribution in [0.1, 0.15) is 67.4 Å². The van der Waals surface area contributed by atoms with Gasteiger partial charge in [0.25, 0.3) is 0 Å². The molecule has 2 amide bonds. The average Bonchev–Trinajstić information content (AvgIpc) is 3.11. The van der Waals surface area contributed by atoms with Gasteiger partial charge in [-0.3, -0.25) is 0 Å². The van der Waals surface area contributed by atoms with E-state index in [2.05, 4.69) is 21.9 Å². The number of hydrogen-bond acceptors (Lipinski definition) is 4. The summed E-state index contributed by atoms with van der Waals surface area (Å²) < 4.78 is 4.66. The molecule has 1 aliphatic rings. The van der Waals surface area contributed by atoms with Gasteiger partial charge in [0.1, 0.15) is 0 Å². The molecule has 31 heavy (non-hydrogen) atoms. The third kappa shape index (κ3) is 8.22. The second-order valence-electron chi connectivity index (χ2n) is 6.58. The summed E-state index contributed by atoms with van der Waals surface area (Å²) in [5.74, 6) is 7.51. The van der Waals surface area contributed by atoms with Crippen molar-refractivity contribution in [2.24, 2.45) is 0 Å². The molecular weight excluding hydrogens is 415 g/mol. The van der Waals surface area contributed by atoms with Crippen LogP contribution in [0.4, 0.5) is 4.79 Å². The molecule has 1 N–H and O–H groups in total. The predicted octanol–water partition coefficient (Wildman–Crippen LogP) is 3.43. The molecule has 1 atom stereocenters. The van der Waals surface area contributed by atoms with Gasteiger partial charge in [0.15, 0.2) is 0 Å². The minimum absolute atomic E-state index is 0.0895. The van der Waals surface area contributed by atoms with Crippen molar-refractivity contribution in [2.75, 3.05) is 13.7 Å². The molecule has 8 heteroatoms. The fourth-order valence-corrected chi connectivity index (χ4v) is 3.20. The molecule has 0 bridgehead atoms. The molecule has 6 nitrogen and oxygen atoms in total. The topological polar surface area (TPSA) is 75.7 Å². The van der Waals surface area contributed by atoms with Crippen molar-refractivity contribution < 1.29 is 19.1 Å². The number of hydrogen-bond donors (Lipinski definition) is 1. The first-order valence-corrected chi connectivity index (χ1v) is 10.8. The summed E-state index contributed by atoms with van der Waals surface area (Å²) >= 11 is 5.10. The Morgan fingerprint density at radius 2 is 2.10 bits per heavy atom. The second kappa shape index (κ2) is 14.4. The summed E-state index contributed by atoms with van der Waals surface area (Å²) in [6.45, 7) is 4.69. The summed E-state index contributed by atoms with van der Waals surface area (Å²) in [5, 5.41) is 2.57. The number of rotatable bonds is 9. The van der Waals surface area contributed by atoms with E-state index in [9.17, 15) is 14.4 Å². The van der Waals surface area contributed by atoms with Gasteiger partial charge in [0.2, 0.25) is 0 Å². The predicted molar refractivity (Wildman–Crippen MR) is 125 cm³/mol. The van der Waals surface area contributed by atoms with Crippen molar-refractivity contribution in [3.63, 3.8) is 0 Å². The molecule has 165 valence electrons. The molecule has 0 aromatic heterocycles. The molecule has 2 rings (SSSR count). The maximum atomic E-state index is 12.8. The fraction of sp³-hybridized carbons (Fsp3) is 0.478. The molecule has 1 radical (unpaired) electrons. The first-order valence-electron chi connectivity index (χ1n) is 10.5. The zero-order valence-corrected chi connectivity index (χ0v) is 19.1. The van der Waals surface area contributed by atoms with Gasteiger partial charge >= 0.3 is 156 Å². The van der Waals surface area contributed by atoms with E-state index >= 15 is 0 Å². The van der Waals surface area contributed by atoms with Crippen LogP contribution in [0.15, 0.2) is 18.2 Å². The van der Waals surface area contributed by atoms with Crippen LogP contribution >= 0.6 is 11.6 Å². The number of ether oxygens (including phenoxy) is 1. The van der Waals surface area contributed by atoms with Crippen molar-refractivity contribution in [3.8, 4) is 11.8 Å². The van der Waals surface area contributed by atoms with E-state index in [1.807, 2.05) is 26.0 Å². The van der Waals surface area contributed by atoms with E-state index in [4.69, 9.17) is 19.1 Å². The Morgan fingerprint density at radius 1 is 1.35 bits per heavy atom. The summed E-state index contributed by atoms with van der Waals surface area (Å²) in [4.78, 5) is 36.5. The van der Waals surface area contributed by atoms with Gasteiger partial charge in [0.05, 0.1) is 0 Å². The first kappa shape index (κ1) is 26.5. The average molecular weight is 444 g/mol. The van der Waals surface area contributed by atoms with Gasteiger partial charge in [-0.15, -0.1) is 0 Å². The van der Waals surface area contributed by atoms with Crippen molar-refractivity contribution in [2.45, 2.75) is 58.5 Å². The zero-order valence-electron chi connectivity index (χ0n) is 18.4. The molecule has 1 aromatic rings. The third-order valence-electron chi connectivity index (χ3n) is 4.70. The molecule has 1 aromatic carbocycles. The third-order valence-corrected chi connectivity index (χ3v) is 4.81. The van der Waals surface area contributed by atoms with Crippen molar-refractivity contribution >= 4 is 42.3 Å². The molecular formula is C23H29BClN2O4. The summed E-state index contributed by atoms with van der Waals surface area (Å²) in [7, 11) is 7.33. The van der Waals surface area contributed by atoms with Crippen LogP contribution < -0.4 is 5.32 Å². The number of benzene rings is 1. The number of amides is 2. The van der Waals surface area contributed by atoms with Gasteiger partial charge in [-0.25, -0.2) is 4.79 Å². The molecule has 0 saturated carbocycles. The number of fused-ring (bicyclic) bond motifs is 1. The Bertz CT molecular complexity index is 848. The SMILES string of the molecule is CC.[B]=CC(CCC(=O)NC)N1Cc2c(C#CCCCCOC(=O)Cl)cccc2C1=O. The Morgan fingerprint density at radius 3 is 2.74 bits per heavy atom. The van der Waals surface area contributed by atoms with E-state index in [-0.39, 0.29) is 24.5 Å². The molecule has 1 aliphatic heterocycles. The molecule has 1 heterocycles. The summed E-state index contributed by atoms with van der Waals surface area (Å²) in [6, 6.07) is 5.17. The van der Waals surface area contributed by atoms with Gasteiger partial charge in [0, 0.05) is 11.6 Å². The number of halogens is 1. The number of unbranched alkanes of at least 4 members (excludes halogenated alkanes) is 2. The van der Waals surface area contributed by atoms with Gasteiger partial charge in [-0.05, 0) is 0 Å². The van der Waals surface area contributed by atoms with Crippen LogP contribution in [0.25, 0.3) is 0 Å². The zero-order chi connectivity index (χ0) is 23.2. The minimum atomic E-state index is -0.798. The van der Waals surface area contributed by atoms with Crippen LogP contribution in [-0.2, 0) is 16.1 Å². The van der Waals surface area contributed by atoms with Crippen LogP contribution in [-0.4, -0.2) is 55.3 Å². The number of nitrogens with one attached hydrogen (secondary N) is 1. The van der Waals surface area contributed by atoms with Gasteiger partial charge in [-0.1, -0.05) is 13.8 Å². The maximum absolute atomic E-state index is 12.8. The fourth-order valence-electron chi connectivity index (χ4n) is 3.12. The van der Waals surface area contributed by atoms with Crippen LogP contribution in [0.3, 0.4) is 0 Å². The first-order chi connectivity index (χ1) is 15.0. The van der Waals surface area contributed by atoms with Crippen LogP contribution in [0, 0.1) is 11.8 Å². The van der Waals surface area contributed by atoms with Gasteiger partial charge < -0.3 is 4.74 Å². The number of carbonyl (C=O) groups excluding carboxylic acids is 3. The number of nitrogens with zero attached hydrogens (tertiary/aromatic N) is 1. The van der Waals surface area contributed by atoms with Crippen LogP contribution in [0.2, 0.25) is 0 Å². The van der Waals surface area contributed by atoms with Crippen LogP contribution in [0.5, 0.6) is 0 Å². The quantitative estimate of drug-likeness (QED) is 0.275. The van der Waals surface area contributed by atoms with Crippen molar-refractivity contribution in [1.82, 2.24) is 10.2 Å². The van der Waals surface area contributed by atoms with E-state index in [0.717, 1.165) is 17.5 Å². The molecule has 0 fully saturated rings. The van der Waals surface area contributed by atoms with E-state index < -0.39 is 5.43 Å². The molecule has 0 saturated heterocycles. The van der Waals surface area contributed by atoms with E-state index in [1.165, 1.54) is 5.97 Å². The Kier molecular flexibility index (Phi) is 12.3. The summed E-state index contributed by atoms with van der Waals surface area (Å²) in [5.41, 5.74) is 1.52. The normalized spacial score (nSPS) is 12.5. The monoisotopic (exact) mass is 443 g/mol. The standard InChI is InChI=1S/C21H23BClN2O4.C2H6/c1-24-19(26)11-10-16(13-22)25-14-18-15(8-6-9-17(18)20(25)27)7-4-2-3-5-12-29-21(23)28;1-2/h6,8-9,13,16H,2-3,5,10-12,14H2,1H3,(H,24,26);1-2H3. The van der Waals surface area contributed by atoms with Crippen molar-refractivity contribution in [3.05, 3.63) is 34.9 Å². The van der Waals surface area contributed by atoms with Gasteiger partial charge in [-0.2, -0.15) is 0 Å². The molecule has 1 unspecified atom stereocenters. The second-order valence-corrected chi connectivity index (χ2v) is 6.89. The molecule has 0 aliphatic carbocycles. The van der Waals surface area contributed by atoms with E-state index in [1.54, 1.807) is 18.0 Å². The Hall–Kier alpha value is -2.59. The summed E-state index contributed by atoms with van der Waals surface area (Å²) in [6.07, 6.45) is 2.86. The van der Waals surface area contributed by atoms with E-state index in [0.29, 0.717) is 37.8 Å².